The van der Waals surface area contributed by atoms with Gasteiger partial charge in [-0.1, -0.05) is 0 Å². The van der Waals surface area contributed by atoms with E-state index in [4.69, 9.17) is 4.42 Å². The zero-order valence-corrected chi connectivity index (χ0v) is 15.4. The normalized spacial score (nSPS) is 11.2. The van der Waals surface area contributed by atoms with Crippen LogP contribution in [0.5, 0.6) is 0 Å². The Morgan fingerprint density at radius 2 is 2.11 bits per heavy atom. The number of carbonyl (C=O) groups is 1. The van der Waals surface area contributed by atoms with Gasteiger partial charge >= 0.3 is 0 Å². The number of carbonyl (C=O) groups excluding carboxylic acids is 1. The Bertz CT molecular complexity index is 1110. The first-order valence-corrected chi connectivity index (χ1v) is 8.69. The molecule has 27 heavy (non-hydrogen) atoms. The third-order valence-corrected chi connectivity index (χ3v) is 4.39. The van der Waals surface area contributed by atoms with Crippen LogP contribution in [0.4, 0.5) is 0 Å². The van der Waals surface area contributed by atoms with E-state index in [9.17, 15) is 4.79 Å². The van der Waals surface area contributed by atoms with Crippen molar-refractivity contribution in [3.63, 3.8) is 0 Å². The second-order valence-corrected chi connectivity index (χ2v) is 6.42. The molecule has 1 amide bonds. The lowest BCUT2D eigenvalue weighted by molar-refractivity contribution is 0.0953. The number of furan rings is 1. The summed E-state index contributed by atoms with van der Waals surface area (Å²) in [4.78, 5) is 17.5. The molecule has 0 fully saturated rings. The lowest BCUT2D eigenvalue weighted by atomic mass is 10.1. The van der Waals surface area contributed by atoms with E-state index in [0.29, 0.717) is 35.8 Å². The number of fused-ring (bicyclic) bond motifs is 1. The maximum atomic E-state index is 12.9. The third kappa shape index (κ3) is 3.21. The highest BCUT2D eigenvalue weighted by molar-refractivity contribution is 6.07. The van der Waals surface area contributed by atoms with Crippen molar-refractivity contribution in [2.24, 2.45) is 7.05 Å². The molecule has 0 unspecified atom stereocenters. The van der Waals surface area contributed by atoms with Crippen LogP contribution in [0, 0.1) is 13.8 Å². The number of pyridine rings is 1. The smallest absolute Gasteiger partial charge is 0.252 e. The fourth-order valence-electron chi connectivity index (χ4n) is 3.14. The number of nitrogens with one attached hydrogen (secondary N) is 1. The molecule has 0 aliphatic heterocycles. The van der Waals surface area contributed by atoms with E-state index in [0.717, 1.165) is 16.8 Å². The van der Waals surface area contributed by atoms with Gasteiger partial charge in [0, 0.05) is 19.8 Å². The molecule has 0 saturated heterocycles. The Hall–Kier alpha value is -3.42. The highest BCUT2D eigenvalue weighted by Gasteiger charge is 2.19. The first-order chi connectivity index (χ1) is 13.0. The Labute approximate surface area is 155 Å². The predicted octanol–water partition coefficient (Wildman–Crippen LogP) is 2.47. The molecule has 4 rings (SSSR count). The van der Waals surface area contributed by atoms with E-state index in [1.165, 1.54) is 0 Å². The lowest BCUT2D eigenvalue weighted by Crippen LogP contribution is -2.27. The largest absolute Gasteiger partial charge is 0.463 e. The van der Waals surface area contributed by atoms with Gasteiger partial charge in [0.05, 0.1) is 35.1 Å². The van der Waals surface area contributed by atoms with Gasteiger partial charge in [-0.2, -0.15) is 10.2 Å². The number of nitrogens with zero attached hydrogens (tertiary/aromatic N) is 5. The van der Waals surface area contributed by atoms with Crippen LogP contribution in [0.1, 0.15) is 21.7 Å². The molecule has 138 valence electrons. The van der Waals surface area contributed by atoms with E-state index in [1.54, 1.807) is 27.8 Å². The van der Waals surface area contributed by atoms with Crippen molar-refractivity contribution in [3.8, 4) is 11.5 Å². The SMILES string of the molecule is Cc1ccn(CCNC(=O)c2cc(-c3ccco3)nc3c2c(C)nn3C)n1. The fourth-order valence-corrected chi connectivity index (χ4v) is 3.14. The van der Waals surface area contributed by atoms with E-state index >= 15 is 0 Å². The van der Waals surface area contributed by atoms with Gasteiger partial charge in [-0.15, -0.1) is 0 Å². The van der Waals surface area contributed by atoms with Crippen LogP contribution in [-0.4, -0.2) is 37.0 Å². The second-order valence-electron chi connectivity index (χ2n) is 6.42. The number of rotatable bonds is 5. The van der Waals surface area contributed by atoms with E-state index in [-0.39, 0.29) is 5.91 Å². The van der Waals surface area contributed by atoms with E-state index < -0.39 is 0 Å². The fraction of sp³-hybridized carbons (Fsp3) is 0.263. The number of aryl methyl sites for hydroxylation is 3. The standard InChI is InChI=1S/C19H20N6O2/c1-12-6-8-25(22-12)9-7-20-19(26)14-11-15(16-5-4-10-27-16)21-18-17(14)13(2)23-24(18)3/h4-6,8,10-11H,7,9H2,1-3H3,(H,20,26). The Kier molecular flexibility index (Phi) is 4.23. The van der Waals surface area contributed by atoms with Crippen LogP contribution < -0.4 is 5.32 Å². The predicted molar refractivity (Wildman–Crippen MR) is 100 cm³/mol. The summed E-state index contributed by atoms with van der Waals surface area (Å²) >= 11 is 0. The molecule has 1 N–H and O–H groups in total. The highest BCUT2D eigenvalue weighted by atomic mass is 16.3. The zero-order valence-electron chi connectivity index (χ0n) is 15.4. The van der Waals surface area contributed by atoms with Crippen molar-refractivity contribution < 1.29 is 9.21 Å². The summed E-state index contributed by atoms with van der Waals surface area (Å²) in [7, 11) is 1.82. The van der Waals surface area contributed by atoms with Crippen LogP contribution >= 0.6 is 0 Å². The van der Waals surface area contributed by atoms with Crippen molar-refractivity contribution in [1.29, 1.82) is 0 Å². The number of aromatic nitrogens is 5. The van der Waals surface area contributed by atoms with Gasteiger partial charge in [0.2, 0.25) is 0 Å². The summed E-state index contributed by atoms with van der Waals surface area (Å²) in [6, 6.07) is 7.30. The van der Waals surface area contributed by atoms with Crippen LogP contribution in [0.15, 0.2) is 41.1 Å². The Morgan fingerprint density at radius 3 is 2.81 bits per heavy atom. The minimum Gasteiger partial charge on any atom is -0.463 e. The van der Waals surface area contributed by atoms with E-state index in [2.05, 4.69) is 20.5 Å². The Balaban J connectivity index is 1.65. The van der Waals surface area contributed by atoms with Crippen molar-refractivity contribution in [2.75, 3.05) is 6.54 Å². The molecule has 4 aromatic heterocycles. The van der Waals surface area contributed by atoms with Gasteiger partial charge in [-0.25, -0.2) is 4.98 Å². The van der Waals surface area contributed by atoms with Gasteiger partial charge in [-0.3, -0.25) is 14.2 Å². The quantitative estimate of drug-likeness (QED) is 0.587. The average Bonchev–Trinajstić information content (AvgIpc) is 3.37. The molecule has 0 aliphatic rings. The van der Waals surface area contributed by atoms with Crippen molar-refractivity contribution in [2.45, 2.75) is 20.4 Å². The second kappa shape index (κ2) is 6.71. The minimum absolute atomic E-state index is 0.171. The average molecular weight is 364 g/mol. The maximum Gasteiger partial charge on any atom is 0.252 e. The van der Waals surface area contributed by atoms with E-state index in [1.807, 2.05) is 39.2 Å². The summed E-state index contributed by atoms with van der Waals surface area (Å²) in [6.45, 7) is 4.88. The number of amides is 1. The molecule has 0 saturated carbocycles. The molecular weight excluding hydrogens is 344 g/mol. The maximum absolute atomic E-state index is 12.9. The first-order valence-electron chi connectivity index (χ1n) is 8.69. The highest BCUT2D eigenvalue weighted by Crippen LogP contribution is 2.27. The molecule has 0 aromatic carbocycles. The molecular formula is C19H20N6O2. The molecule has 0 bridgehead atoms. The topological polar surface area (TPSA) is 90.8 Å². The van der Waals surface area contributed by atoms with Crippen molar-refractivity contribution in [1.82, 2.24) is 29.9 Å². The first kappa shape index (κ1) is 17.0. The molecule has 0 radical (unpaired) electrons. The molecule has 4 aromatic rings. The van der Waals surface area contributed by atoms with Crippen LogP contribution in [0.3, 0.4) is 0 Å². The van der Waals surface area contributed by atoms with Crippen molar-refractivity contribution >= 4 is 16.9 Å². The molecule has 4 heterocycles. The van der Waals surface area contributed by atoms with Gasteiger partial charge in [-0.05, 0) is 38.1 Å². The lowest BCUT2D eigenvalue weighted by Gasteiger charge is -2.09. The molecule has 0 aliphatic carbocycles. The number of hydrogen-bond acceptors (Lipinski definition) is 5. The molecule has 8 nitrogen and oxygen atoms in total. The van der Waals surface area contributed by atoms with Crippen LogP contribution in [-0.2, 0) is 13.6 Å². The van der Waals surface area contributed by atoms with Gasteiger partial charge < -0.3 is 9.73 Å². The van der Waals surface area contributed by atoms with Crippen LogP contribution in [0.2, 0.25) is 0 Å². The summed E-state index contributed by atoms with van der Waals surface area (Å²) in [6.07, 6.45) is 3.48. The minimum atomic E-state index is -0.171. The molecule has 0 spiro atoms. The summed E-state index contributed by atoms with van der Waals surface area (Å²) in [5.41, 5.74) is 3.50. The van der Waals surface area contributed by atoms with Crippen LogP contribution in [0.25, 0.3) is 22.5 Å². The van der Waals surface area contributed by atoms with Crippen molar-refractivity contribution in [3.05, 3.63) is 53.7 Å². The molecule has 8 heteroatoms. The summed E-state index contributed by atoms with van der Waals surface area (Å²) < 4.78 is 8.94. The Morgan fingerprint density at radius 1 is 1.26 bits per heavy atom. The summed E-state index contributed by atoms with van der Waals surface area (Å²) in [5.74, 6) is 0.437. The van der Waals surface area contributed by atoms with Gasteiger partial charge in [0.25, 0.3) is 5.91 Å². The van der Waals surface area contributed by atoms with Gasteiger partial charge in [0.15, 0.2) is 11.4 Å². The van der Waals surface area contributed by atoms with Gasteiger partial charge in [0.1, 0.15) is 5.69 Å². The zero-order chi connectivity index (χ0) is 19.0. The summed E-state index contributed by atoms with van der Waals surface area (Å²) in [5, 5.41) is 12.5. The third-order valence-electron chi connectivity index (χ3n) is 4.39. The monoisotopic (exact) mass is 364 g/mol. The molecule has 0 atom stereocenters. The number of hydrogen-bond donors (Lipinski definition) is 1.